The smallest absolute Gasteiger partial charge is 0.339 e. The van der Waals surface area contributed by atoms with E-state index in [1.165, 1.54) is 12.1 Å². The number of nitrogens with one attached hydrogen (secondary N) is 1. The number of carboxylic acid groups (broad SMARTS) is 1. The molecule has 0 saturated heterocycles. The molecule has 19 heavy (non-hydrogen) atoms. The number of ether oxygens (including phenoxy) is 1. The molecule has 1 aliphatic rings. The lowest BCUT2D eigenvalue weighted by molar-refractivity contribution is -0.123. The summed E-state index contributed by atoms with van der Waals surface area (Å²) in [6.45, 7) is -0.280. The van der Waals surface area contributed by atoms with Crippen molar-refractivity contribution in [2.45, 2.75) is 18.9 Å². The molecule has 0 aromatic heterocycles. The molecule has 0 atom stereocenters. The predicted molar refractivity (Wildman–Crippen MR) is 70.1 cm³/mol. The molecule has 2 N–H and O–H groups in total. The van der Waals surface area contributed by atoms with E-state index in [0.717, 1.165) is 12.8 Å². The van der Waals surface area contributed by atoms with E-state index in [1.54, 1.807) is 0 Å². The maximum atomic E-state index is 11.5. The Morgan fingerprint density at radius 1 is 1.37 bits per heavy atom. The summed E-state index contributed by atoms with van der Waals surface area (Å²) in [5.74, 6) is -1.57. The van der Waals surface area contributed by atoms with Crippen molar-refractivity contribution in [3.05, 3.63) is 27.7 Å². The maximum Gasteiger partial charge on any atom is 0.339 e. The minimum Gasteiger partial charge on any atom is -0.481 e. The topological polar surface area (TPSA) is 75.6 Å². The molecule has 0 bridgehead atoms. The van der Waals surface area contributed by atoms with E-state index < -0.39 is 5.97 Å². The van der Waals surface area contributed by atoms with Crippen LogP contribution < -0.4 is 10.1 Å². The average molecular weight is 304 g/mol. The highest BCUT2D eigenvalue weighted by atomic mass is 35.5. The molecule has 1 amide bonds. The summed E-state index contributed by atoms with van der Waals surface area (Å²) in [5, 5.41) is 12.0. The summed E-state index contributed by atoms with van der Waals surface area (Å²) in [6.07, 6.45) is 1.93. The largest absolute Gasteiger partial charge is 0.481 e. The highest BCUT2D eigenvalue weighted by Crippen LogP contribution is 2.32. The Bertz CT molecular complexity index is 529. The van der Waals surface area contributed by atoms with Gasteiger partial charge in [0.15, 0.2) is 12.4 Å². The van der Waals surface area contributed by atoms with Crippen molar-refractivity contribution < 1.29 is 19.4 Å². The number of hydrogen-bond acceptors (Lipinski definition) is 3. The van der Waals surface area contributed by atoms with E-state index in [0.29, 0.717) is 0 Å². The Balaban J connectivity index is 2.09. The zero-order valence-electron chi connectivity index (χ0n) is 9.78. The molecular weight excluding hydrogens is 293 g/mol. The summed E-state index contributed by atoms with van der Waals surface area (Å²) in [4.78, 5) is 22.5. The van der Waals surface area contributed by atoms with Gasteiger partial charge in [-0.1, -0.05) is 23.2 Å². The van der Waals surface area contributed by atoms with Crippen LogP contribution in [0.2, 0.25) is 10.0 Å². The van der Waals surface area contributed by atoms with Crippen molar-refractivity contribution in [3.8, 4) is 5.75 Å². The number of hydrogen-bond donors (Lipinski definition) is 2. The van der Waals surface area contributed by atoms with E-state index in [4.69, 9.17) is 33.0 Å². The van der Waals surface area contributed by atoms with Gasteiger partial charge in [0.1, 0.15) is 5.56 Å². The van der Waals surface area contributed by atoms with Gasteiger partial charge < -0.3 is 15.2 Å². The Kier molecular flexibility index (Phi) is 4.17. The van der Waals surface area contributed by atoms with E-state index >= 15 is 0 Å². The van der Waals surface area contributed by atoms with Gasteiger partial charge in [-0.3, -0.25) is 4.79 Å². The van der Waals surface area contributed by atoms with Gasteiger partial charge in [0.05, 0.1) is 5.02 Å². The van der Waals surface area contributed by atoms with E-state index in [1.807, 2.05) is 0 Å². The summed E-state index contributed by atoms with van der Waals surface area (Å²) in [5.41, 5.74) is -0.170. The normalized spacial score (nSPS) is 14.0. The first-order valence-corrected chi connectivity index (χ1v) is 6.37. The molecule has 102 valence electrons. The molecule has 1 aromatic rings. The third-order valence-electron chi connectivity index (χ3n) is 2.53. The fourth-order valence-electron chi connectivity index (χ4n) is 1.50. The van der Waals surface area contributed by atoms with Gasteiger partial charge in [-0.15, -0.1) is 0 Å². The minimum absolute atomic E-state index is 0.0514. The molecule has 5 nitrogen and oxygen atoms in total. The van der Waals surface area contributed by atoms with Crippen LogP contribution in [0.5, 0.6) is 5.75 Å². The molecule has 1 saturated carbocycles. The van der Waals surface area contributed by atoms with Crippen molar-refractivity contribution in [1.82, 2.24) is 5.32 Å². The van der Waals surface area contributed by atoms with E-state index in [9.17, 15) is 9.59 Å². The van der Waals surface area contributed by atoms with Crippen molar-refractivity contribution in [3.63, 3.8) is 0 Å². The fourth-order valence-corrected chi connectivity index (χ4v) is 2.05. The first-order chi connectivity index (χ1) is 8.97. The maximum absolute atomic E-state index is 11.5. The average Bonchev–Trinajstić information content (AvgIpc) is 3.10. The third-order valence-corrected chi connectivity index (χ3v) is 3.03. The number of benzene rings is 1. The predicted octanol–water partition coefficient (Wildman–Crippen LogP) is 2.35. The van der Waals surface area contributed by atoms with Gasteiger partial charge in [-0.05, 0) is 25.0 Å². The molecule has 1 aliphatic carbocycles. The molecule has 7 heteroatoms. The second-order valence-electron chi connectivity index (χ2n) is 4.20. The molecule has 0 spiro atoms. The van der Waals surface area contributed by atoms with Crippen LogP contribution in [0.1, 0.15) is 23.2 Å². The summed E-state index contributed by atoms with van der Waals surface area (Å²) in [7, 11) is 0. The van der Waals surface area contributed by atoms with Crippen molar-refractivity contribution >= 4 is 35.1 Å². The summed E-state index contributed by atoms with van der Waals surface area (Å²) in [6, 6.07) is 2.81. The number of rotatable bonds is 5. The molecule has 1 fully saturated rings. The molecule has 0 radical (unpaired) electrons. The molecule has 2 rings (SSSR count). The number of aromatic carboxylic acids is 1. The van der Waals surface area contributed by atoms with Crippen LogP contribution in [-0.2, 0) is 4.79 Å². The van der Waals surface area contributed by atoms with Crippen molar-refractivity contribution in [1.29, 1.82) is 0 Å². The SMILES string of the molecule is O=C(COc1c(Cl)cc(Cl)cc1C(=O)O)NC1CC1. The first kappa shape index (κ1) is 14.0. The van der Waals surface area contributed by atoms with Crippen LogP contribution in [0.15, 0.2) is 12.1 Å². The quantitative estimate of drug-likeness (QED) is 0.875. The monoisotopic (exact) mass is 303 g/mol. The molecule has 0 heterocycles. The van der Waals surface area contributed by atoms with Crippen molar-refractivity contribution in [2.24, 2.45) is 0 Å². The molecule has 0 unspecified atom stereocenters. The molecular formula is C12H11Cl2NO4. The zero-order valence-corrected chi connectivity index (χ0v) is 11.3. The summed E-state index contributed by atoms with van der Waals surface area (Å²) >= 11 is 11.6. The van der Waals surface area contributed by atoms with Gasteiger partial charge in [0.2, 0.25) is 0 Å². The second-order valence-corrected chi connectivity index (χ2v) is 5.04. The molecule has 1 aromatic carbocycles. The first-order valence-electron chi connectivity index (χ1n) is 5.62. The van der Waals surface area contributed by atoms with Crippen LogP contribution in [-0.4, -0.2) is 29.6 Å². The Morgan fingerprint density at radius 3 is 2.63 bits per heavy atom. The number of amides is 1. The number of carbonyl (C=O) groups is 2. The standard InChI is InChI=1S/C12H11Cl2NO4/c13-6-3-8(12(17)18)11(9(14)4-6)19-5-10(16)15-7-1-2-7/h3-4,7H,1-2,5H2,(H,15,16)(H,17,18). The number of halogens is 2. The van der Waals surface area contributed by atoms with E-state index in [-0.39, 0.29) is 39.9 Å². The van der Waals surface area contributed by atoms with Crippen LogP contribution in [0.4, 0.5) is 0 Å². The lowest BCUT2D eigenvalue weighted by Crippen LogP contribution is -2.30. The van der Waals surface area contributed by atoms with E-state index in [2.05, 4.69) is 5.32 Å². The van der Waals surface area contributed by atoms with Crippen LogP contribution >= 0.6 is 23.2 Å². The van der Waals surface area contributed by atoms with Gasteiger partial charge in [-0.25, -0.2) is 4.79 Å². The van der Waals surface area contributed by atoms with Crippen LogP contribution in [0.3, 0.4) is 0 Å². The Labute approximate surface area is 119 Å². The highest BCUT2D eigenvalue weighted by Gasteiger charge is 2.24. The van der Waals surface area contributed by atoms with Gasteiger partial charge in [0, 0.05) is 11.1 Å². The minimum atomic E-state index is -1.22. The second kappa shape index (κ2) is 5.67. The van der Waals surface area contributed by atoms with Crippen LogP contribution in [0.25, 0.3) is 0 Å². The Morgan fingerprint density at radius 2 is 2.05 bits per heavy atom. The molecule has 0 aliphatic heterocycles. The van der Waals surface area contributed by atoms with Gasteiger partial charge >= 0.3 is 5.97 Å². The number of carboxylic acids is 1. The summed E-state index contributed by atoms with van der Waals surface area (Å²) < 4.78 is 5.19. The lowest BCUT2D eigenvalue weighted by Gasteiger charge is -2.11. The highest BCUT2D eigenvalue weighted by molar-refractivity contribution is 6.36. The van der Waals surface area contributed by atoms with Crippen LogP contribution in [0, 0.1) is 0 Å². The fraction of sp³-hybridized carbons (Fsp3) is 0.333. The number of carbonyl (C=O) groups excluding carboxylic acids is 1. The third kappa shape index (κ3) is 3.75. The van der Waals surface area contributed by atoms with Gasteiger partial charge in [0.25, 0.3) is 5.91 Å². The lowest BCUT2D eigenvalue weighted by atomic mass is 10.2. The zero-order chi connectivity index (χ0) is 14.0. The Hall–Kier alpha value is -1.46. The van der Waals surface area contributed by atoms with Crippen molar-refractivity contribution in [2.75, 3.05) is 6.61 Å². The van der Waals surface area contributed by atoms with Gasteiger partial charge in [-0.2, -0.15) is 0 Å².